The van der Waals surface area contributed by atoms with Crippen molar-refractivity contribution >= 4 is 15.9 Å². The molecule has 1 amide bonds. The van der Waals surface area contributed by atoms with Crippen molar-refractivity contribution < 1.29 is 22.4 Å². The van der Waals surface area contributed by atoms with Crippen LogP contribution in [0.2, 0.25) is 0 Å². The largest absolute Gasteiger partial charge is 0.438 e. The number of hydrogen-bond donors (Lipinski definition) is 2. The first-order chi connectivity index (χ1) is 11.1. The van der Waals surface area contributed by atoms with Gasteiger partial charge in [0.25, 0.3) is 15.9 Å². The third-order valence-corrected chi connectivity index (χ3v) is 5.14. The molecule has 0 aliphatic carbocycles. The van der Waals surface area contributed by atoms with E-state index in [2.05, 4.69) is 15.5 Å². The number of hydrogen-bond acceptors (Lipinski definition) is 6. The molecule has 124 valence electrons. The lowest BCUT2D eigenvalue weighted by Gasteiger charge is -2.24. The fraction of sp³-hybridized carbons (Fsp3) is 0.385. The van der Waals surface area contributed by atoms with Crippen LogP contribution in [0.15, 0.2) is 33.9 Å². The average molecular weight is 340 g/mol. The Labute approximate surface area is 132 Å². The standard InChI is InChI=1S/C13H16N4O5S/c18-13(14-9-10-3-4-15-16-10)11-1-2-12(22-11)23(19,20)17-5-7-21-8-6-17/h1-4H,5-9H2,(H,14,18)(H,15,16). The van der Waals surface area contributed by atoms with E-state index < -0.39 is 15.9 Å². The number of H-pyrrole nitrogens is 1. The first-order valence-electron chi connectivity index (χ1n) is 7.01. The highest BCUT2D eigenvalue weighted by Crippen LogP contribution is 2.19. The van der Waals surface area contributed by atoms with Crippen molar-refractivity contribution in [2.24, 2.45) is 0 Å². The molecule has 9 nitrogen and oxygen atoms in total. The SMILES string of the molecule is O=C(NCc1ccn[nH]1)c1ccc(S(=O)(=O)N2CCOCC2)o1. The molecule has 1 aliphatic heterocycles. The maximum absolute atomic E-state index is 12.4. The molecule has 10 heteroatoms. The van der Waals surface area contributed by atoms with Crippen LogP contribution in [0, 0.1) is 0 Å². The Hall–Kier alpha value is -2.17. The Morgan fingerprint density at radius 3 is 2.78 bits per heavy atom. The molecule has 23 heavy (non-hydrogen) atoms. The Bertz CT molecular complexity index is 762. The van der Waals surface area contributed by atoms with E-state index in [1.54, 1.807) is 12.3 Å². The summed E-state index contributed by atoms with van der Waals surface area (Å²) in [6, 6.07) is 4.35. The van der Waals surface area contributed by atoms with Gasteiger partial charge in [-0.15, -0.1) is 0 Å². The summed E-state index contributed by atoms with van der Waals surface area (Å²) in [6.45, 7) is 1.47. The molecular weight excluding hydrogens is 324 g/mol. The molecule has 0 unspecified atom stereocenters. The third-order valence-electron chi connectivity index (χ3n) is 3.37. The Morgan fingerprint density at radius 1 is 1.30 bits per heavy atom. The lowest BCUT2D eigenvalue weighted by atomic mass is 10.4. The molecule has 0 atom stereocenters. The van der Waals surface area contributed by atoms with E-state index in [0.29, 0.717) is 13.2 Å². The van der Waals surface area contributed by atoms with Crippen molar-refractivity contribution in [2.45, 2.75) is 11.6 Å². The number of furan rings is 1. The summed E-state index contributed by atoms with van der Waals surface area (Å²) in [7, 11) is -3.74. The number of rotatable bonds is 5. The number of carbonyl (C=O) groups is 1. The zero-order valence-corrected chi connectivity index (χ0v) is 13.0. The molecule has 0 bridgehead atoms. The minimum atomic E-state index is -3.74. The van der Waals surface area contributed by atoms with E-state index in [1.165, 1.54) is 16.4 Å². The predicted molar refractivity (Wildman–Crippen MR) is 78.0 cm³/mol. The van der Waals surface area contributed by atoms with Crippen LogP contribution in [0.4, 0.5) is 0 Å². The van der Waals surface area contributed by atoms with Gasteiger partial charge < -0.3 is 14.5 Å². The molecule has 1 saturated heterocycles. The van der Waals surface area contributed by atoms with Crippen LogP contribution in [0.25, 0.3) is 0 Å². The van der Waals surface area contributed by atoms with Gasteiger partial charge in [0, 0.05) is 19.3 Å². The van der Waals surface area contributed by atoms with Crippen LogP contribution in [-0.4, -0.2) is 55.1 Å². The van der Waals surface area contributed by atoms with Crippen LogP contribution in [0.3, 0.4) is 0 Å². The van der Waals surface area contributed by atoms with Gasteiger partial charge in [0.2, 0.25) is 5.09 Å². The maximum Gasteiger partial charge on any atom is 0.287 e. The second-order valence-electron chi connectivity index (χ2n) is 4.90. The average Bonchev–Trinajstić information content (AvgIpc) is 3.25. The summed E-state index contributed by atoms with van der Waals surface area (Å²) in [5.41, 5.74) is 0.728. The summed E-state index contributed by atoms with van der Waals surface area (Å²) < 4.78 is 36.4. The molecule has 3 rings (SSSR count). The Kier molecular flexibility index (Phi) is 4.46. The van der Waals surface area contributed by atoms with Crippen LogP contribution in [0.5, 0.6) is 0 Å². The number of nitrogens with zero attached hydrogens (tertiary/aromatic N) is 2. The van der Waals surface area contributed by atoms with E-state index in [1.807, 2.05) is 0 Å². The lowest BCUT2D eigenvalue weighted by molar-refractivity contribution is 0.0722. The fourth-order valence-corrected chi connectivity index (χ4v) is 3.46. The molecule has 3 heterocycles. The van der Waals surface area contributed by atoms with E-state index >= 15 is 0 Å². The second kappa shape index (κ2) is 6.52. The zero-order valence-electron chi connectivity index (χ0n) is 12.2. The highest BCUT2D eigenvalue weighted by molar-refractivity contribution is 7.89. The number of morpholine rings is 1. The zero-order chi connectivity index (χ0) is 16.3. The molecule has 1 aliphatic rings. The fourth-order valence-electron chi connectivity index (χ4n) is 2.14. The van der Waals surface area contributed by atoms with Crippen LogP contribution >= 0.6 is 0 Å². The Balaban J connectivity index is 1.68. The highest BCUT2D eigenvalue weighted by Gasteiger charge is 2.29. The van der Waals surface area contributed by atoms with Crippen LogP contribution in [0.1, 0.15) is 16.2 Å². The van der Waals surface area contributed by atoms with E-state index in [4.69, 9.17) is 9.15 Å². The van der Waals surface area contributed by atoms with Crippen LogP contribution in [-0.2, 0) is 21.3 Å². The molecule has 0 saturated carbocycles. The summed E-state index contributed by atoms with van der Waals surface area (Å²) in [4.78, 5) is 12.0. The van der Waals surface area contributed by atoms with Gasteiger partial charge in [0.15, 0.2) is 5.76 Å². The first kappa shape index (κ1) is 15.7. The van der Waals surface area contributed by atoms with Crippen molar-refractivity contribution in [1.82, 2.24) is 19.8 Å². The number of aromatic amines is 1. The number of carbonyl (C=O) groups excluding carboxylic acids is 1. The van der Waals surface area contributed by atoms with Gasteiger partial charge in [0.1, 0.15) is 0 Å². The van der Waals surface area contributed by atoms with Gasteiger partial charge in [-0.2, -0.15) is 9.40 Å². The van der Waals surface area contributed by atoms with Crippen molar-refractivity contribution in [2.75, 3.05) is 26.3 Å². The lowest BCUT2D eigenvalue weighted by Crippen LogP contribution is -2.40. The molecule has 2 aromatic rings. The van der Waals surface area contributed by atoms with Gasteiger partial charge in [0.05, 0.1) is 25.5 Å². The van der Waals surface area contributed by atoms with E-state index in [-0.39, 0.29) is 30.5 Å². The van der Waals surface area contributed by atoms with Gasteiger partial charge in [-0.3, -0.25) is 9.89 Å². The molecule has 2 aromatic heterocycles. The molecule has 1 fully saturated rings. The summed E-state index contributed by atoms with van der Waals surface area (Å²) in [5.74, 6) is -0.556. The monoisotopic (exact) mass is 340 g/mol. The Morgan fingerprint density at radius 2 is 2.09 bits per heavy atom. The van der Waals surface area contributed by atoms with E-state index in [0.717, 1.165) is 5.69 Å². The minimum absolute atomic E-state index is 0.0589. The van der Waals surface area contributed by atoms with Crippen molar-refractivity contribution in [1.29, 1.82) is 0 Å². The van der Waals surface area contributed by atoms with Gasteiger partial charge in [-0.05, 0) is 18.2 Å². The summed E-state index contributed by atoms with van der Waals surface area (Å²) in [6.07, 6.45) is 1.57. The number of amides is 1. The quantitative estimate of drug-likeness (QED) is 0.788. The number of sulfonamides is 1. The summed E-state index contributed by atoms with van der Waals surface area (Å²) in [5, 5.41) is 8.84. The first-order valence-corrected chi connectivity index (χ1v) is 8.45. The molecule has 0 aromatic carbocycles. The van der Waals surface area contributed by atoms with Crippen LogP contribution < -0.4 is 5.32 Å². The highest BCUT2D eigenvalue weighted by atomic mass is 32.2. The maximum atomic E-state index is 12.4. The number of ether oxygens (including phenoxy) is 1. The topological polar surface area (TPSA) is 118 Å². The van der Waals surface area contributed by atoms with Gasteiger partial charge in [-0.1, -0.05) is 0 Å². The van der Waals surface area contributed by atoms with Crippen molar-refractivity contribution in [3.8, 4) is 0 Å². The molecule has 2 N–H and O–H groups in total. The van der Waals surface area contributed by atoms with Gasteiger partial charge >= 0.3 is 0 Å². The molecular formula is C13H16N4O5S. The van der Waals surface area contributed by atoms with Crippen molar-refractivity contribution in [3.63, 3.8) is 0 Å². The molecule has 0 radical (unpaired) electrons. The number of aromatic nitrogens is 2. The predicted octanol–water partition coefficient (Wildman–Crippen LogP) is -0.0464. The normalized spacial score (nSPS) is 16.3. The van der Waals surface area contributed by atoms with Gasteiger partial charge in [-0.25, -0.2) is 8.42 Å². The molecule has 0 spiro atoms. The minimum Gasteiger partial charge on any atom is -0.438 e. The smallest absolute Gasteiger partial charge is 0.287 e. The van der Waals surface area contributed by atoms with Crippen molar-refractivity contribution in [3.05, 3.63) is 35.9 Å². The number of nitrogens with one attached hydrogen (secondary N) is 2. The second-order valence-corrected chi connectivity index (χ2v) is 6.77. The third kappa shape index (κ3) is 3.44. The van der Waals surface area contributed by atoms with E-state index in [9.17, 15) is 13.2 Å². The summed E-state index contributed by atoms with van der Waals surface area (Å²) >= 11 is 0.